The lowest BCUT2D eigenvalue weighted by molar-refractivity contribution is -0.150. The minimum Gasteiger partial charge on any atom is -0.400 e. The minimum absolute atomic E-state index is 0.107. The molecular formula is C18H27FN4O2. The molecule has 1 amide bonds. The Morgan fingerprint density at radius 1 is 1.32 bits per heavy atom. The lowest BCUT2D eigenvalue weighted by Crippen LogP contribution is -2.54. The maximum atomic E-state index is 14.2. The van der Waals surface area contributed by atoms with Crippen molar-refractivity contribution in [3.8, 4) is 0 Å². The molecule has 0 bridgehead atoms. The summed E-state index contributed by atoms with van der Waals surface area (Å²) in [6.45, 7) is 6.39. The quantitative estimate of drug-likeness (QED) is 0.718. The predicted octanol–water partition coefficient (Wildman–Crippen LogP) is 1.26. The molecule has 0 saturated carbocycles. The third-order valence-corrected chi connectivity index (χ3v) is 4.31. The van der Waals surface area contributed by atoms with Gasteiger partial charge in [-0.15, -0.1) is 0 Å². The van der Waals surface area contributed by atoms with E-state index in [1.54, 1.807) is 29.1 Å². The van der Waals surface area contributed by atoms with E-state index in [2.05, 4.69) is 0 Å². The van der Waals surface area contributed by atoms with Gasteiger partial charge in [0.15, 0.2) is 0 Å². The number of aliphatic hydroxyl groups is 1. The third kappa shape index (κ3) is 3.77. The Morgan fingerprint density at radius 3 is 2.52 bits per heavy atom. The molecule has 0 saturated heterocycles. The van der Waals surface area contributed by atoms with Crippen LogP contribution in [0.3, 0.4) is 0 Å². The van der Waals surface area contributed by atoms with Crippen LogP contribution in [0.15, 0.2) is 23.9 Å². The Kier molecular flexibility index (Phi) is 6.02. The molecule has 1 aliphatic heterocycles. The lowest BCUT2D eigenvalue weighted by Gasteiger charge is -2.44. The highest BCUT2D eigenvalue weighted by molar-refractivity contribution is 5.88. The smallest absolute Gasteiger partial charge is 0.249 e. The van der Waals surface area contributed by atoms with Crippen LogP contribution in [0, 0.1) is 17.7 Å². The van der Waals surface area contributed by atoms with Crippen molar-refractivity contribution in [2.75, 3.05) is 19.7 Å². The van der Waals surface area contributed by atoms with E-state index in [9.17, 15) is 14.3 Å². The molecule has 5 N–H and O–H groups in total. The van der Waals surface area contributed by atoms with Crippen LogP contribution in [0.1, 0.15) is 31.9 Å². The van der Waals surface area contributed by atoms with E-state index in [4.69, 9.17) is 11.5 Å². The summed E-state index contributed by atoms with van der Waals surface area (Å²) in [7, 11) is 0. The SMILES string of the molecule is CC(C)CN1C(=O)C(C)C(N)=C(c2ccc(CN)c(F)c2)N1CCO. The minimum atomic E-state index is -0.513. The van der Waals surface area contributed by atoms with Gasteiger partial charge in [0.05, 0.1) is 24.8 Å². The van der Waals surface area contributed by atoms with Crippen molar-refractivity contribution in [3.63, 3.8) is 0 Å². The van der Waals surface area contributed by atoms with Crippen molar-refractivity contribution in [3.05, 3.63) is 40.8 Å². The molecule has 1 heterocycles. The van der Waals surface area contributed by atoms with E-state index in [1.165, 1.54) is 6.07 Å². The van der Waals surface area contributed by atoms with Crippen molar-refractivity contribution in [1.29, 1.82) is 0 Å². The normalized spacial score (nSPS) is 18.5. The maximum absolute atomic E-state index is 14.2. The van der Waals surface area contributed by atoms with Crippen molar-refractivity contribution < 1.29 is 14.3 Å². The van der Waals surface area contributed by atoms with Crippen LogP contribution in [0.25, 0.3) is 5.70 Å². The standard InChI is InChI=1S/C18H27FN4O2/c1-11(2)10-23-18(25)12(3)16(21)17(22(23)6-7-24)13-4-5-14(9-20)15(19)8-13/h4-5,8,11-12,24H,6-7,9-10,20-21H2,1-3H3. The molecule has 1 aromatic rings. The summed E-state index contributed by atoms with van der Waals surface area (Å²) in [4.78, 5) is 12.7. The van der Waals surface area contributed by atoms with Crippen LogP contribution in [0.5, 0.6) is 0 Å². The van der Waals surface area contributed by atoms with Crippen molar-refractivity contribution >= 4 is 11.6 Å². The first-order chi connectivity index (χ1) is 11.8. The zero-order valence-corrected chi connectivity index (χ0v) is 15.0. The monoisotopic (exact) mass is 350 g/mol. The van der Waals surface area contributed by atoms with E-state index in [1.807, 2.05) is 13.8 Å². The number of β-amino-alcohol motifs (C(OH)–C–C–N with tert-alkyl or cyclic N) is 1. The van der Waals surface area contributed by atoms with Crippen LogP contribution < -0.4 is 11.5 Å². The Bertz CT molecular complexity index is 675. The van der Waals surface area contributed by atoms with E-state index in [0.717, 1.165) is 0 Å². The summed E-state index contributed by atoms with van der Waals surface area (Å²) in [6, 6.07) is 4.74. The number of hydrazine groups is 1. The number of halogens is 1. The summed E-state index contributed by atoms with van der Waals surface area (Å²) < 4.78 is 14.2. The fourth-order valence-electron chi connectivity index (χ4n) is 2.99. The first-order valence-corrected chi connectivity index (χ1v) is 8.50. The Morgan fingerprint density at radius 2 is 2.00 bits per heavy atom. The average molecular weight is 350 g/mol. The number of nitrogens with zero attached hydrogens (tertiary/aromatic N) is 2. The zero-order valence-electron chi connectivity index (χ0n) is 15.0. The summed E-state index contributed by atoms with van der Waals surface area (Å²) >= 11 is 0. The molecule has 1 unspecified atom stereocenters. The number of aliphatic hydroxyl groups excluding tert-OH is 1. The van der Waals surface area contributed by atoms with Crippen LogP contribution in [-0.4, -0.2) is 40.7 Å². The van der Waals surface area contributed by atoms with Crippen LogP contribution in [-0.2, 0) is 11.3 Å². The summed E-state index contributed by atoms with van der Waals surface area (Å²) in [5, 5.41) is 12.7. The van der Waals surface area contributed by atoms with Gasteiger partial charge in [-0.1, -0.05) is 26.0 Å². The highest BCUT2D eigenvalue weighted by Crippen LogP contribution is 2.33. The first-order valence-electron chi connectivity index (χ1n) is 8.50. The van der Waals surface area contributed by atoms with E-state index in [-0.39, 0.29) is 31.5 Å². The molecule has 1 aromatic carbocycles. The molecular weight excluding hydrogens is 323 g/mol. The van der Waals surface area contributed by atoms with Crippen LogP contribution in [0.4, 0.5) is 4.39 Å². The van der Waals surface area contributed by atoms with Gasteiger partial charge in [0.2, 0.25) is 5.91 Å². The predicted molar refractivity (Wildman–Crippen MR) is 94.9 cm³/mol. The van der Waals surface area contributed by atoms with Gasteiger partial charge in [0, 0.05) is 29.9 Å². The number of carbonyl (C=O) groups excluding carboxylic acids is 1. The second-order valence-corrected chi connectivity index (χ2v) is 6.70. The molecule has 1 atom stereocenters. The Hall–Kier alpha value is -2.12. The highest BCUT2D eigenvalue weighted by Gasteiger charge is 2.37. The Balaban J connectivity index is 2.57. The number of carbonyl (C=O) groups is 1. The second kappa shape index (κ2) is 7.84. The molecule has 1 aliphatic rings. The highest BCUT2D eigenvalue weighted by atomic mass is 19.1. The van der Waals surface area contributed by atoms with Gasteiger partial charge in [-0.05, 0) is 18.9 Å². The first kappa shape index (κ1) is 19.2. The van der Waals surface area contributed by atoms with Crippen molar-refractivity contribution in [2.45, 2.75) is 27.3 Å². The molecule has 0 spiro atoms. The fraction of sp³-hybridized carbons (Fsp3) is 0.500. The molecule has 7 heteroatoms. The largest absolute Gasteiger partial charge is 0.400 e. The van der Waals surface area contributed by atoms with Crippen molar-refractivity contribution in [1.82, 2.24) is 10.0 Å². The number of benzene rings is 1. The van der Waals surface area contributed by atoms with Gasteiger partial charge in [0.1, 0.15) is 5.82 Å². The van der Waals surface area contributed by atoms with Gasteiger partial charge in [-0.2, -0.15) is 0 Å². The van der Waals surface area contributed by atoms with Gasteiger partial charge in [-0.3, -0.25) is 14.8 Å². The summed E-state index contributed by atoms with van der Waals surface area (Å²) in [5.74, 6) is -0.818. The lowest BCUT2D eigenvalue weighted by atomic mass is 9.97. The average Bonchev–Trinajstić information content (AvgIpc) is 2.56. The van der Waals surface area contributed by atoms with Crippen LogP contribution >= 0.6 is 0 Å². The molecule has 0 aliphatic carbocycles. The van der Waals surface area contributed by atoms with Crippen LogP contribution in [0.2, 0.25) is 0 Å². The maximum Gasteiger partial charge on any atom is 0.249 e. The fourth-order valence-corrected chi connectivity index (χ4v) is 2.99. The molecule has 2 rings (SSSR count). The third-order valence-electron chi connectivity index (χ3n) is 4.31. The van der Waals surface area contributed by atoms with E-state index < -0.39 is 11.7 Å². The van der Waals surface area contributed by atoms with Gasteiger partial charge in [0.25, 0.3) is 0 Å². The zero-order chi connectivity index (χ0) is 18.7. The number of hydrogen-bond acceptors (Lipinski definition) is 5. The number of nitrogens with two attached hydrogens (primary N) is 2. The summed E-state index contributed by atoms with van der Waals surface area (Å²) in [6.07, 6.45) is 0. The van der Waals surface area contributed by atoms with Crippen molar-refractivity contribution in [2.24, 2.45) is 23.3 Å². The number of amides is 1. The summed E-state index contributed by atoms with van der Waals surface area (Å²) in [5.41, 5.74) is 13.7. The number of rotatable bonds is 6. The molecule has 0 aromatic heterocycles. The Labute approximate surface area is 147 Å². The van der Waals surface area contributed by atoms with Gasteiger partial charge >= 0.3 is 0 Å². The molecule has 0 radical (unpaired) electrons. The molecule has 0 fully saturated rings. The van der Waals surface area contributed by atoms with Gasteiger partial charge in [-0.25, -0.2) is 4.39 Å². The van der Waals surface area contributed by atoms with Gasteiger partial charge < -0.3 is 16.6 Å². The van der Waals surface area contributed by atoms with E-state index >= 15 is 0 Å². The second-order valence-electron chi connectivity index (χ2n) is 6.70. The van der Waals surface area contributed by atoms with E-state index in [0.29, 0.717) is 29.1 Å². The molecule has 25 heavy (non-hydrogen) atoms. The topological polar surface area (TPSA) is 95.8 Å². The number of hydrogen-bond donors (Lipinski definition) is 3. The molecule has 6 nitrogen and oxygen atoms in total. The molecule has 138 valence electrons.